The Bertz CT molecular complexity index is 315. The molecule has 0 heterocycles. The molecule has 0 aromatic heterocycles. The van der Waals surface area contributed by atoms with Crippen LogP contribution in [0.2, 0.25) is 0 Å². The van der Waals surface area contributed by atoms with Crippen LogP contribution in [0, 0.1) is 11.8 Å². The maximum absolute atomic E-state index is 11.5. The van der Waals surface area contributed by atoms with Crippen LogP contribution in [0.4, 0.5) is 4.79 Å². The molecule has 19 heavy (non-hydrogen) atoms. The number of ether oxygens (including phenoxy) is 1. The SMILES string of the molecule is CNC(=O)C1CCC(CNC(=O)OC(C)(C)C)CC1. The summed E-state index contributed by atoms with van der Waals surface area (Å²) in [6, 6.07) is 0. The molecule has 0 radical (unpaired) electrons. The van der Waals surface area contributed by atoms with Crippen molar-refractivity contribution in [2.24, 2.45) is 11.8 Å². The summed E-state index contributed by atoms with van der Waals surface area (Å²) in [5, 5.41) is 5.50. The first-order valence-electron chi connectivity index (χ1n) is 7.00. The van der Waals surface area contributed by atoms with Crippen LogP contribution in [0.5, 0.6) is 0 Å². The van der Waals surface area contributed by atoms with E-state index in [4.69, 9.17) is 4.74 Å². The fraction of sp³-hybridized carbons (Fsp3) is 0.857. The van der Waals surface area contributed by atoms with Crippen molar-refractivity contribution in [3.8, 4) is 0 Å². The minimum Gasteiger partial charge on any atom is -0.444 e. The van der Waals surface area contributed by atoms with E-state index in [1.54, 1.807) is 7.05 Å². The lowest BCUT2D eigenvalue weighted by Crippen LogP contribution is -2.37. The molecular weight excluding hydrogens is 244 g/mol. The van der Waals surface area contributed by atoms with E-state index in [0.29, 0.717) is 12.5 Å². The van der Waals surface area contributed by atoms with Crippen LogP contribution < -0.4 is 10.6 Å². The predicted molar refractivity (Wildman–Crippen MR) is 73.8 cm³/mol. The Labute approximate surface area is 115 Å². The second-order valence-electron chi connectivity index (χ2n) is 6.21. The second kappa shape index (κ2) is 6.78. The van der Waals surface area contributed by atoms with Crippen LogP contribution in [0.25, 0.3) is 0 Å². The summed E-state index contributed by atoms with van der Waals surface area (Å²) >= 11 is 0. The number of carbonyl (C=O) groups is 2. The van der Waals surface area contributed by atoms with Gasteiger partial charge in [-0.05, 0) is 52.4 Å². The molecule has 0 aromatic carbocycles. The molecule has 1 rings (SSSR count). The van der Waals surface area contributed by atoms with Crippen LogP contribution >= 0.6 is 0 Å². The Kier molecular flexibility index (Phi) is 5.63. The van der Waals surface area contributed by atoms with Gasteiger partial charge < -0.3 is 15.4 Å². The summed E-state index contributed by atoms with van der Waals surface area (Å²) < 4.78 is 5.19. The number of rotatable bonds is 3. The Morgan fingerprint density at radius 1 is 1.16 bits per heavy atom. The second-order valence-corrected chi connectivity index (χ2v) is 6.21. The molecular formula is C14H26N2O3. The summed E-state index contributed by atoms with van der Waals surface area (Å²) in [7, 11) is 1.68. The van der Waals surface area contributed by atoms with Crippen molar-refractivity contribution in [3.05, 3.63) is 0 Å². The van der Waals surface area contributed by atoms with Crippen molar-refractivity contribution in [1.82, 2.24) is 10.6 Å². The zero-order chi connectivity index (χ0) is 14.5. The predicted octanol–water partition coefficient (Wildman–Crippen LogP) is 2.06. The Morgan fingerprint density at radius 3 is 2.21 bits per heavy atom. The van der Waals surface area contributed by atoms with Crippen molar-refractivity contribution in [2.45, 2.75) is 52.1 Å². The van der Waals surface area contributed by atoms with Gasteiger partial charge in [-0.2, -0.15) is 0 Å². The van der Waals surface area contributed by atoms with Gasteiger partial charge in [0, 0.05) is 19.5 Å². The van der Waals surface area contributed by atoms with Gasteiger partial charge in [-0.3, -0.25) is 4.79 Å². The third kappa shape index (κ3) is 5.94. The highest BCUT2D eigenvalue weighted by molar-refractivity contribution is 5.78. The first kappa shape index (κ1) is 15.8. The Balaban J connectivity index is 2.23. The van der Waals surface area contributed by atoms with Crippen molar-refractivity contribution < 1.29 is 14.3 Å². The summed E-state index contributed by atoms with van der Waals surface area (Å²) in [5.41, 5.74) is -0.457. The highest BCUT2D eigenvalue weighted by atomic mass is 16.6. The highest BCUT2D eigenvalue weighted by Gasteiger charge is 2.26. The average Bonchev–Trinajstić information content (AvgIpc) is 2.34. The average molecular weight is 270 g/mol. The van der Waals surface area contributed by atoms with Gasteiger partial charge in [0.2, 0.25) is 5.91 Å². The monoisotopic (exact) mass is 270 g/mol. The molecule has 2 amide bonds. The van der Waals surface area contributed by atoms with Crippen LogP contribution in [0.1, 0.15) is 46.5 Å². The minimum atomic E-state index is -0.457. The van der Waals surface area contributed by atoms with Crippen LogP contribution in [0.3, 0.4) is 0 Å². The first-order chi connectivity index (χ1) is 8.81. The lowest BCUT2D eigenvalue weighted by molar-refractivity contribution is -0.125. The van der Waals surface area contributed by atoms with E-state index in [1.165, 1.54) is 0 Å². The summed E-state index contributed by atoms with van der Waals surface area (Å²) in [5.74, 6) is 0.731. The van der Waals surface area contributed by atoms with E-state index in [2.05, 4.69) is 10.6 Å². The van der Waals surface area contributed by atoms with Crippen LogP contribution in [-0.2, 0) is 9.53 Å². The molecule has 1 fully saturated rings. The van der Waals surface area contributed by atoms with E-state index in [-0.39, 0.29) is 17.9 Å². The van der Waals surface area contributed by atoms with Gasteiger partial charge in [0.05, 0.1) is 0 Å². The van der Waals surface area contributed by atoms with Gasteiger partial charge in [-0.15, -0.1) is 0 Å². The summed E-state index contributed by atoms with van der Waals surface area (Å²) in [4.78, 5) is 23.0. The van der Waals surface area contributed by atoms with E-state index in [1.807, 2.05) is 20.8 Å². The van der Waals surface area contributed by atoms with E-state index in [9.17, 15) is 9.59 Å². The van der Waals surface area contributed by atoms with Crippen molar-refractivity contribution >= 4 is 12.0 Å². The first-order valence-corrected chi connectivity index (χ1v) is 7.00. The zero-order valence-corrected chi connectivity index (χ0v) is 12.4. The maximum atomic E-state index is 11.5. The molecule has 5 heteroatoms. The van der Waals surface area contributed by atoms with Crippen molar-refractivity contribution in [2.75, 3.05) is 13.6 Å². The number of nitrogens with one attached hydrogen (secondary N) is 2. The van der Waals surface area contributed by atoms with E-state index >= 15 is 0 Å². The quantitative estimate of drug-likeness (QED) is 0.825. The van der Waals surface area contributed by atoms with E-state index < -0.39 is 5.60 Å². The number of hydrogen-bond donors (Lipinski definition) is 2. The molecule has 0 unspecified atom stereocenters. The molecule has 0 atom stereocenters. The molecule has 0 saturated heterocycles. The third-order valence-electron chi connectivity index (χ3n) is 3.40. The summed E-state index contributed by atoms with van der Waals surface area (Å²) in [6.45, 7) is 6.18. The molecule has 110 valence electrons. The van der Waals surface area contributed by atoms with Crippen molar-refractivity contribution in [1.29, 1.82) is 0 Å². The van der Waals surface area contributed by atoms with Crippen LogP contribution in [-0.4, -0.2) is 31.2 Å². The number of carbonyl (C=O) groups excluding carboxylic acids is 2. The topological polar surface area (TPSA) is 67.4 Å². The Hall–Kier alpha value is -1.26. The fourth-order valence-corrected chi connectivity index (χ4v) is 2.37. The van der Waals surface area contributed by atoms with Gasteiger partial charge >= 0.3 is 6.09 Å². The maximum Gasteiger partial charge on any atom is 0.407 e. The van der Waals surface area contributed by atoms with Crippen molar-refractivity contribution in [3.63, 3.8) is 0 Å². The standard InChI is InChI=1S/C14H26N2O3/c1-14(2,3)19-13(18)16-9-10-5-7-11(8-6-10)12(17)15-4/h10-11H,5-9H2,1-4H3,(H,15,17)(H,16,18). The van der Waals surface area contributed by atoms with Gasteiger partial charge in [0.25, 0.3) is 0 Å². The lowest BCUT2D eigenvalue weighted by Gasteiger charge is -2.28. The number of hydrogen-bond acceptors (Lipinski definition) is 3. The largest absolute Gasteiger partial charge is 0.444 e. The zero-order valence-electron chi connectivity index (χ0n) is 12.4. The number of amides is 2. The molecule has 1 aliphatic rings. The Morgan fingerprint density at radius 2 is 1.74 bits per heavy atom. The van der Waals surface area contributed by atoms with E-state index in [0.717, 1.165) is 25.7 Å². The summed E-state index contributed by atoms with van der Waals surface area (Å²) in [6.07, 6.45) is 3.41. The van der Waals surface area contributed by atoms with Gasteiger partial charge in [0.1, 0.15) is 5.60 Å². The van der Waals surface area contributed by atoms with Gasteiger partial charge in [0.15, 0.2) is 0 Å². The smallest absolute Gasteiger partial charge is 0.407 e. The molecule has 0 spiro atoms. The molecule has 0 bridgehead atoms. The molecule has 1 aliphatic carbocycles. The van der Waals surface area contributed by atoms with Crippen LogP contribution in [0.15, 0.2) is 0 Å². The minimum absolute atomic E-state index is 0.138. The lowest BCUT2D eigenvalue weighted by atomic mass is 9.81. The molecule has 5 nitrogen and oxygen atoms in total. The molecule has 0 aromatic rings. The third-order valence-corrected chi connectivity index (χ3v) is 3.40. The molecule has 1 saturated carbocycles. The number of alkyl carbamates (subject to hydrolysis) is 1. The van der Waals surface area contributed by atoms with Gasteiger partial charge in [-0.1, -0.05) is 0 Å². The van der Waals surface area contributed by atoms with Gasteiger partial charge in [-0.25, -0.2) is 4.79 Å². The highest BCUT2D eigenvalue weighted by Crippen LogP contribution is 2.28. The molecule has 2 N–H and O–H groups in total. The normalized spacial score (nSPS) is 23.6. The molecule has 0 aliphatic heterocycles. The fourth-order valence-electron chi connectivity index (χ4n) is 2.37.